The lowest BCUT2D eigenvalue weighted by Gasteiger charge is -2.29. The molecule has 1 saturated heterocycles. The van der Waals surface area contributed by atoms with Crippen LogP contribution in [0.5, 0.6) is 5.75 Å². The first kappa shape index (κ1) is 13.6. The quantitative estimate of drug-likeness (QED) is 0.872. The number of ether oxygens (including phenoxy) is 1. The van der Waals surface area contributed by atoms with Gasteiger partial charge in [0.2, 0.25) is 0 Å². The predicted octanol–water partition coefficient (Wildman–Crippen LogP) is 2.91. The van der Waals surface area contributed by atoms with Gasteiger partial charge in [0.15, 0.2) is 5.75 Å². The van der Waals surface area contributed by atoms with E-state index < -0.39 is 0 Å². The Kier molecular flexibility index (Phi) is 4.83. The van der Waals surface area contributed by atoms with Crippen LogP contribution in [0.4, 0.5) is 5.69 Å². The smallest absolute Gasteiger partial charge is 0.154 e. The molecule has 5 heteroatoms. The summed E-state index contributed by atoms with van der Waals surface area (Å²) in [5, 5.41) is 0. The van der Waals surface area contributed by atoms with Crippen molar-refractivity contribution in [2.45, 2.75) is 38.8 Å². The Balaban J connectivity index is 2.23. The van der Waals surface area contributed by atoms with Gasteiger partial charge in [0.05, 0.1) is 24.7 Å². The minimum atomic E-state index is 0.0879. The number of nitrogens with zero attached hydrogens (tertiary/aromatic N) is 2. The van der Waals surface area contributed by atoms with Gasteiger partial charge < -0.3 is 15.4 Å². The van der Waals surface area contributed by atoms with Gasteiger partial charge in [-0.25, -0.2) is 4.98 Å². The molecule has 0 bridgehead atoms. The van der Waals surface area contributed by atoms with E-state index in [0.717, 1.165) is 29.0 Å². The van der Waals surface area contributed by atoms with Gasteiger partial charge in [-0.3, -0.25) is 0 Å². The highest BCUT2D eigenvalue weighted by Crippen LogP contribution is 2.29. The Morgan fingerprint density at radius 3 is 3.11 bits per heavy atom. The summed E-state index contributed by atoms with van der Waals surface area (Å²) in [6.45, 7) is 3.60. The zero-order valence-corrected chi connectivity index (χ0v) is 12.3. The van der Waals surface area contributed by atoms with E-state index in [1.54, 1.807) is 0 Å². The van der Waals surface area contributed by atoms with E-state index in [-0.39, 0.29) is 6.17 Å². The fourth-order valence-electron chi connectivity index (χ4n) is 2.29. The highest BCUT2D eigenvalue weighted by molar-refractivity contribution is 9.10. The Labute approximate surface area is 117 Å². The fourth-order valence-corrected chi connectivity index (χ4v) is 2.62. The van der Waals surface area contributed by atoms with Crippen molar-refractivity contribution in [2.24, 2.45) is 5.73 Å². The Hall–Kier alpha value is -0.810. The SMILES string of the molecule is CCOc1cc(N2CCCCCC2N)cnc1Br. The average molecular weight is 314 g/mol. The standard InChI is InChI=1S/C13H20BrN3O/c1-2-18-11-8-10(9-16-13(11)14)17-7-5-3-4-6-12(17)15/h8-9,12H,2-7,15H2,1H3. The molecule has 0 radical (unpaired) electrons. The molecule has 1 aliphatic heterocycles. The molecule has 1 unspecified atom stereocenters. The first-order valence-electron chi connectivity index (χ1n) is 6.53. The van der Waals surface area contributed by atoms with Crippen LogP contribution in [-0.4, -0.2) is 24.3 Å². The third-order valence-electron chi connectivity index (χ3n) is 3.22. The molecule has 1 atom stereocenters. The lowest BCUT2D eigenvalue weighted by molar-refractivity contribution is 0.336. The van der Waals surface area contributed by atoms with Crippen LogP contribution < -0.4 is 15.4 Å². The molecular formula is C13H20BrN3O. The summed E-state index contributed by atoms with van der Waals surface area (Å²) < 4.78 is 6.30. The average Bonchev–Trinajstić information content (AvgIpc) is 2.57. The highest BCUT2D eigenvalue weighted by Gasteiger charge is 2.19. The van der Waals surface area contributed by atoms with Crippen molar-refractivity contribution < 1.29 is 4.74 Å². The van der Waals surface area contributed by atoms with Crippen LogP contribution in [-0.2, 0) is 0 Å². The van der Waals surface area contributed by atoms with Crippen LogP contribution in [0.2, 0.25) is 0 Å². The molecule has 0 amide bonds. The molecular weight excluding hydrogens is 294 g/mol. The van der Waals surface area contributed by atoms with Gasteiger partial charge in [-0.15, -0.1) is 0 Å². The summed E-state index contributed by atoms with van der Waals surface area (Å²) in [6, 6.07) is 2.02. The lowest BCUT2D eigenvalue weighted by atomic mass is 10.2. The fraction of sp³-hybridized carbons (Fsp3) is 0.615. The van der Waals surface area contributed by atoms with E-state index in [1.807, 2.05) is 19.2 Å². The van der Waals surface area contributed by atoms with E-state index in [4.69, 9.17) is 10.5 Å². The van der Waals surface area contributed by atoms with Crippen molar-refractivity contribution in [3.63, 3.8) is 0 Å². The summed E-state index contributed by atoms with van der Waals surface area (Å²) >= 11 is 3.40. The topological polar surface area (TPSA) is 51.4 Å². The van der Waals surface area contributed by atoms with Crippen molar-refractivity contribution >= 4 is 21.6 Å². The second kappa shape index (κ2) is 6.38. The zero-order valence-electron chi connectivity index (χ0n) is 10.7. The van der Waals surface area contributed by atoms with Crippen molar-refractivity contribution in [1.82, 2.24) is 4.98 Å². The summed E-state index contributed by atoms with van der Waals surface area (Å²) in [4.78, 5) is 6.56. The maximum Gasteiger partial charge on any atom is 0.154 e. The molecule has 0 aliphatic carbocycles. The van der Waals surface area contributed by atoms with E-state index in [2.05, 4.69) is 25.8 Å². The number of hydrogen-bond acceptors (Lipinski definition) is 4. The van der Waals surface area contributed by atoms with E-state index >= 15 is 0 Å². The maximum atomic E-state index is 6.22. The van der Waals surface area contributed by atoms with Crippen molar-refractivity contribution in [3.8, 4) is 5.75 Å². The van der Waals surface area contributed by atoms with Crippen LogP contribution in [0.3, 0.4) is 0 Å². The van der Waals surface area contributed by atoms with Gasteiger partial charge in [0.1, 0.15) is 4.60 Å². The van der Waals surface area contributed by atoms with Crippen LogP contribution in [0, 0.1) is 0 Å². The molecule has 0 aromatic carbocycles. The van der Waals surface area contributed by atoms with E-state index in [0.29, 0.717) is 6.61 Å². The number of hydrogen-bond donors (Lipinski definition) is 1. The molecule has 1 fully saturated rings. The third-order valence-corrected chi connectivity index (χ3v) is 3.82. The number of halogens is 1. The Morgan fingerprint density at radius 2 is 2.33 bits per heavy atom. The van der Waals surface area contributed by atoms with Gasteiger partial charge in [0.25, 0.3) is 0 Å². The summed E-state index contributed by atoms with van der Waals surface area (Å²) in [7, 11) is 0. The monoisotopic (exact) mass is 313 g/mol. The van der Waals surface area contributed by atoms with Gasteiger partial charge in [-0.05, 0) is 42.1 Å². The van der Waals surface area contributed by atoms with E-state index in [1.165, 1.54) is 19.3 Å². The van der Waals surface area contributed by atoms with Gasteiger partial charge in [-0.2, -0.15) is 0 Å². The molecule has 4 nitrogen and oxygen atoms in total. The first-order chi connectivity index (χ1) is 8.72. The molecule has 0 spiro atoms. The minimum Gasteiger partial charge on any atom is -0.491 e. The summed E-state index contributed by atoms with van der Waals surface area (Å²) in [6.07, 6.45) is 6.64. The van der Waals surface area contributed by atoms with Crippen LogP contribution in [0.1, 0.15) is 32.6 Å². The predicted molar refractivity (Wildman–Crippen MR) is 76.9 cm³/mol. The largest absolute Gasteiger partial charge is 0.491 e. The molecule has 0 saturated carbocycles. The number of anilines is 1. The zero-order chi connectivity index (χ0) is 13.0. The molecule has 1 aromatic rings. The van der Waals surface area contributed by atoms with Gasteiger partial charge in [0, 0.05) is 12.6 Å². The van der Waals surface area contributed by atoms with Gasteiger partial charge >= 0.3 is 0 Å². The molecule has 18 heavy (non-hydrogen) atoms. The number of pyridine rings is 1. The second-order valence-corrected chi connectivity index (χ2v) is 5.28. The second-order valence-electron chi connectivity index (χ2n) is 4.53. The number of rotatable bonds is 3. The van der Waals surface area contributed by atoms with Crippen molar-refractivity contribution in [1.29, 1.82) is 0 Å². The molecule has 100 valence electrons. The normalized spacial score (nSPS) is 20.6. The molecule has 2 rings (SSSR count). The summed E-state index contributed by atoms with van der Waals surface area (Å²) in [5.41, 5.74) is 7.27. The van der Waals surface area contributed by atoms with E-state index in [9.17, 15) is 0 Å². The van der Waals surface area contributed by atoms with Crippen LogP contribution >= 0.6 is 15.9 Å². The summed E-state index contributed by atoms with van der Waals surface area (Å²) in [5.74, 6) is 0.784. The lowest BCUT2D eigenvalue weighted by Crippen LogP contribution is -2.41. The van der Waals surface area contributed by atoms with Crippen LogP contribution in [0.15, 0.2) is 16.9 Å². The van der Waals surface area contributed by atoms with Crippen molar-refractivity contribution in [2.75, 3.05) is 18.1 Å². The Morgan fingerprint density at radius 1 is 1.50 bits per heavy atom. The third kappa shape index (κ3) is 3.14. The molecule has 1 aromatic heterocycles. The Bertz CT molecular complexity index is 400. The van der Waals surface area contributed by atoms with Gasteiger partial charge in [-0.1, -0.05) is 6.42 Å². The number of nitrogens with two attached hydrogens (primary N) is 1. The highest BCUT2D eigenvalue weighted by atomic mass is 79.9. The first-order valence-corrected chi connectivity index (χ1v) is 7.32. The number of aromatic nitrogens is 1. The molecule has 2 heterocycles. The van der Waals surface area contributed by atoms with Crippen molar-refractivity contribution in [3.05, 3.63) is 16.9 Å². The molecule has 1 aliphatic rings. The maximum absolute atomic E-state index is 6.22. The molecule has 2 N–H and O–H groups in total. The van der Waals surface area contributed by atoms with Crippen LogP contribution in [0.25, 0.3) is 0 Å². The minimum absolute atomic E-state index is 0.0879.